The Morgan fingerprint density at radius 3 is 3.14 bits per heavy atom. The third kappa shape index (κ3) is 0.807. The smallest absolute Gasteiger partial charge is 0.233 e. The van der Waals surface area contributed by atoms with Gasteiger partial charge >= 0.3 is 0 Å². The third-order valence-electron chi connectivity index (χ3n) is 2.31. The topological polar surface area (TPSA) is 43.1 Å². The summed E-state index contributed by atoms with van der Waals surface area (Å²) in [6, 6.07) is 1.82. The fraction of sp³-hybridized carbons (Fsp3) is 0. The van der Waals surface area contributed by atoms with Crippen LogP contribution in [0.2, 0.25) is 0 Å². The van der Waals surface area contributed by atoms with Gasteiger partial charge in [0, 0.05) is 12.2 Å². The van der Waals surface area contributed by atoms with Crippen LogP contribution in [0.1, 0.15) is 15.2 Å². The fourth-order valence-corrected chi connectivity index (χ4v) is 2.52. The summed E-state index contributed by atoms with van der Waals surface area (Å²) in [5, 5.41) is 13.3. The molecular formula is C10H5NO2S. The number of ketones is 1. The first kappa shape index (κ1) is 7.70. The van der Waals surface area contributed by atoms with Crippen LogP contribution in [-0.4, -0.2) is 16.2 Å². The standard InChI is InChI=1S/C10H5NO2S/c12-8-5-6-1-3-11(13)9(6)7-2-4-14-10(7)8/h1-5H. The van der Waals surface area contributed by atoms with E-state index in [1.165, 1.54) is 23.6 Å². The molecule has 1 aromatic rings. The van der Waals surface area contributed by atoms with Crippen molar-refractivity contribution < 1.29 is 9.53 Å². The van der Waals surface area contributed by atoms with E-state index in [1.807, 2.05) is 11.4 Å². The second-order valence-electron chi connectivity index (χ2n) is 3.12. The van der Waals surface area contributed by atoms with Gasteiger partial charge in [0.05, 0.1) is 16.0 Å². The van der Waals surface area contributed by atoms with Crippen LogP contribution in [0.3, 0.4) is 0 Å². The van der Waals surface area contributed by atoms with Crippen LogP contribution in [0, 0.1) is 5.21 Å². The van der Waals surface area contributed by atoms with Gasteiger partial charge in [-0.25, -0.2) is 0 Å². The predicted molar refractivity (Wildman–Crippen MR) is 53.6 cm³/mol. The summed E-state index contributed by atoms with van der Waals surface area (Å²) in [7, 11) is 0. The predicted octanol–water partition coefficient (Wildman–Crippen LogP) is 1.70. The van der Waals surface area contributed by atoms with Gasteiger partial charge < -0.3 is 5.21 Å². The molecular weight excluding hydrogens is 198 g/mol. The first-order chi connectivity index (χ1) is 6.77. The molecule has 4 heteroatoms. The lowest BCUT2D eigenvalue weighted by Crippen LogP contribution is -2.17. The molecule has 0 saturated carbocycles. The monoisotopic (exact) mass is 203 g/mol. The van der Waals surface area contributed by atoms with Gasteiger partial charge in [-0.1, -0.05) is 0 Å². The molecule has 2 heterocycles. The van der Waals surface area contributed by atoms with E-state index in [-0.39, 0.29) is 5.78 Å². The third-order valence-corrected chi connectivity index (χ3v) is 3.24. The molecule has 0 unspecified atom stereocenters. The minimum atomic E-state index is -0.00583. The zero-order valence-electron chi connectivity index (χ0n) is 7.06. The van der Waals surface area contributed by atoms with Gasteiger partial charge in [0.2, 0.25) is 5.71 Å². The lowest BCUT2D eigenvalue weighted by atomic mass is 9.96. The van der Waals surface area contributed by atoms with Gasteiger partial charge in [-0.15, -0.1) is 11.3 Å². The van der Waals surface area contributed by atoms with Gasteiger partial charge in [0.15, 0.2) is 12.0 Å². The number of carbonyl (C=O) groups excluding carboxylic acids is 1. The van der Waals surface area contributed by atoms with Crippen molar-refractivity contribution in [2.45, 2.75) is 0 Å². The molecule has 1 aromatic heterocycles. The molecule has 3 rings (SSSR count). The molecule has 3 nitrogen and oxygen atoms in total. The summed E-state index contributed by atoms with van der Waals surface area (Å²) < 4.78 is 0.809. The second kappa shape index (κ2) is 2.42. The number of nitrogens with zero attached hydrogens (tertiary/aromatic N) is 1. The van der Waals surface area contributed by atoms with Crippen molar-refractivity contribution in [3.63, 3.8) is 0 Å². The molecule has 2 aliphatic rings. The second-order valence-corrected chi connectivity index (χ2v) is 4.03. The minimum Gasteiger partial charge on any atom is -0.618 e. The normalized spacial score (nSPS) is 18.3. The fourth-order valence-electron chi connectivity index (χ4n) is 1.71. The van der Waals surface area contributed by atoms with Crippen molar-refractivity contribution in [2.24, 2.45) is 0 Å². The van der Waals surface area contributed by atoms with Gasteiger partial charge in [-0.3, -0.25) is 4.79 Å². The number of fused-ring (bicyclic) bond motifs is 3. The zero-order valence-corrected chi connectivity index (χ0v) is 7.88. The number of thiophene rings is 1. The largest absolute Gasteiger partial charge is 0.618 e. The first-order valence-electron chi connectivity index (χ1n) is 4.13. The molecule has 0 saturated heterocycles. The Labute approximate surface area is 83.9 Å². The number of hydrogen-bond donors (Lipinski definition) is 0. The maximum atomic E-state index is 11.6. The van der Waals surface area contributed by atoms with Crippen molar-refractivity contribution in [3.05, 3.63) is 51.0 Å². The number of hydroxylamine groups is 1. The SMILES string of the molecule is O=C1C=C2C=C[N+]([O-])=C2c2ccsc21. The van der Waals surface area contributed by atoms with Crippen LogP contribution in [0.25, 0.3) is 0 Å². The summed E-state index contributed by atoms with van der Waals surface area (Å²) in [5.74, 6) is -0.00583. The number of rotatable bonds is 0. The van der Waals surface area contributed by atoms with E-state index in [0.29, 0.717) is 10.6 Å². The molecule has 1 aliphatic heterocycles. The van der Waals surface area contributed by atoms with Crippen LogP contribution in [0.4, 0.5) is 0 Å². The maximum Gasteiger partial charge on any atom is 0.233 e. The van der Waals surface area contributed by atoms with Crippen LogP contribution in [0.15, 0.2) is 35.4 Å². The van der Waals surface area contributed by atoms with Crippen LogP contribution >= 0.6 is 11.3 Å². The molecule has 14 heavy (non-hydrogen) atoms. The number of allylic oxidation sites excluding steroid dienone is 3. The van der Waals surface area contributed by atoms with Crippen molar-refractivity contribution in [1.29, 1.82) is 0 Å². The summed E-state index contributed by atoms with van der Waals surface area (Å²) in [4.78, 5) is 12.2. The lowest BCUT2D eigenvalue weighted by Gasteiger charge is -2.07. The Morgan fingerprint density at radius 1 is 1.43 bits per heavy atom. The van der Waals surface area contributed by atoms with E-state index in [4.69, 9.17) is 0 Å². The van der Waals surface area contributed by atoms with E-state index in [1.54, 1.807) is 6.08 Å². The molecule has 68 valence electrons. The minimum absolute atomic E-state index is 0.00583. The van der Waals surface area contributed by atoms with Crippen LogP contribution < -0.4 is 0 Å². The number of hydrogen-bond acceptors (Lipinski definition) is 3. The average Bonchev–Trinajstić information content (AvgIpc) is 2.72. The van der Waals surface area contributed by atoms with Gasteiger partial charge in [-0.05, 0) is 11.4 Å². The quantitative estimate of drug-likeness (QED) is 0.475. The summed E-state index contributed by atoms with van der Waals surface area (Å²) >= 11 is 1.38. The Hall–Kier alpha value is -1.68. The summed E-state index contributed by atoms with van der Waals surface area (Å²) in [5.41, 5.74) is 2.08. The molecule has 0 spiro atoms. The molecule has 0 N–H and O–H groups in total. The van der Waals surface area contributed by atoms with Crippen LogP contribution in [0.5, 0.6) is 0 Å². The molecule has 0 radical (unpaired) electrons. The first-order valence-corrected chi connectivity index (χ1v) is 5.01. The van der Waals surface area contributed by atoms with Gasteiger partial charge in [0.1, 0.15) is 0 Å². The molecule has 0 aromatic carbocycles. The summed E-state index contributed by atoms with van der Waals surface area (Å²) in [6.07, 6.45) is 4.62. The van der Waals surface area contributed by atoms with E-state index < -0.39 is 0 Å². The number of carbonyl (C=O) groups is 1. The molecule has 0 fully saturated rings. The Kier molecular flexibility index (Phi) is 1.33. The lowest BCUT2D eigenvalue weighted by molar-refractivity contribution is -0.373. The van der Waals surface area contributed by atoms with E-state index >= 15 is 0 Å². The molecule has 1 aliphatic carbocycles. The Morgan fingerprint density at radius 2 is 2.29 bits per heavy atom. The highest BCUT2D eigenvalue weighted by Crippen LogP contribution is 2.28. The molecule has 0 atom stereocenters. The maximum absolute atomic E-state index is 11.6. The van der Waals surface area contributed by atoms with Crippen molar-refractivity contribution in [2.75, 3.05) is 0 Å². The van der Waals surface area contributed by atoms with Crippen LogP contribution in [-0.2, 0) is 0 Å². The van der Waals surface area contributed by atoms with Crippen molar-refractivity contribution >= 4 is 22.8 Å². The highest BCUT2D eigenvalue weighted by atomic mass is 32.1. The highest BCUT2D eigenvalue weighted by molar-refractivity contribution is 7.12. The summed E-state index contributed by atoms with van der Waals surface area (Å²) in [6.45, 7) is 0. The van der Waals surface area contributed by atoms with E-state index in [2.05, 4.69) is 0 Å². The zero-order chi connectivity index (χ0) is 9.71. The van der Waals surface area contributed by atoms with Crippen molar-refractivity contribution in [1.82, 2.24) is 0 Å². The van der Waals surface area contributed by atoms with E-state index in [9.17, 15) is 10.0 Å². The van der Waals surface area contributed by atoms with Crippen molar-refractivity contribution in [3.8, 4) is 0 Å². The van der Waals surface area contributed by atoms with Gasteiger partial charge in [-0.2, -0.15) is 4.74 Å². The van der Waals surface area contributed by atoms with Gasteiger partial charge in [0.25, 0.3) is 0 Å². The Balaban J connectivity index is 2.36. The average molecular weight is 203 g/mol. The molecule has 0 bridgehead atoms. The molecule has 0 amide bonds. The van der Waals surface area contributed by atoms with E-state index in [0.717, 1.165) is 15.9 Å². The highest BCUT2D eigenvalue weighted by Gasteiger charge is 2.31. The Bertz CT molecular complexity index is 534.